The van der Waals surface area contributed by atoms with Crippen LogP contribution in [0.4, 0.5) is 38.1 Å². The van der Waals surface area contributed by atoms with Crippen molar-refractivity contribution in [3.63, 3.8) is 0 Å². The molecule has 11 heteroatoms. The first-order chi connectivity index (χ1) is 16.6. The van der Waals surface area contributed by atoms with E-state index in [4.69, 9.17) is 0 Å². The van der Waals surface area contributed by atoms with E-state index in [1.54, 1.807) is 30.3 Å². The average Bonchev–Trinajstić information content (AvgIpc) is 2.91. The Hall–Kier alpha value is -4.28. The van der Waals surface area contributed by atoms with Gasteiger partial charge in [-0.25, -0.2) is 18.6 Å². The second-order valence-corrected chi connectivity index (χ2v) is 7.57. The normalized spacial score (nSPS) is 15.7. The maximum atomic E-state index is 14.6. The molecule has 35 heavy (non-hydrogen) atoms. The molecule has 0 radical (unpaired) electrons. The molecule has 1 aliphatic heterocycles. The Balaban J connectivity index is 1.68. The van der Waals surface area contributed by atoms with E-state index in [-0.39, 0.29) is 17.0 Å². The summed E-state index contributed by atoms with van der Waals surface area (Å²) in [5, 5.41) is 4.43. The Labute approximate surface area is 196 Å². The minimum atomic E-state index is -4.97. The molecular formula is C24H17F5N4O2. The van der Waals surface area contributed by atoms with Gasteiger partial charge in [-0.2, -0.15) is 13.2 Å². The highest BCUT2D eigenvalue weighted by Gasteiger charge is 2.35. The van der Waals surface area contributed by atoms with E-state index < -0.39 is 41.5 Å². The minimum Gasteiger partial charge on any atom is -0.311 e. The van der Waals surface area contributed by atoms with Crippen LogP contribution in [0.5, 0.6) is 0 Å². The zero-order chi connectivity index (χ0) is 25.3. The number of fused-ring (bicyclic) bond motifs is 1. The van der Waals surface area contributed by atoms with Crippen LogP contribution in [-0.4, -0.2) is 30.9 Å². The molecule has 0 aromatic heterocycles. The number of benzodiazepines with no additional fused rings is 1. The maximum absolute atomic E-state index is 14.6. The number of carbonyl (C=O) groups excluding carboxylic acids is 2. The zero-order valence-electron chi connectivity index (χ0n) is 18.0. The lowest BCUT2D eigenvalue weighted by Crippen LogP contribution is -2.47. The van der Waals surface area contributed by atoms with Gasteiger partial charge in [-0.15, -0.1) is 0 Å². The second kappa shape index (κ2) is 9.16. The molecule has 4 rings (SSSR count). The summed E-state index contributed by atoms with van der Waals surface area (Å²) in [5.74, 6) is -2.78. The van der Waals surface area contributed by atoms with Gasteiger partial charge in [0, 0.05) is 23.9 Å². The molecule has 2 N–H and O–H groups in total. The van der Waals surface area contributed by atoms with Gasteiger partial charge >= 0.3 is 12.2 Å². The SMILES string of the molecule is CN1C(=O)C(NC(=O)Nc2ccc(F)c(C(F)(F)F)c2)N=C(c2ccccc2F)c2ccccc21. The van der Waals surface area contributed by atoms with E-state index in [2.05, 4.69) is 15.6 Å². The summed E-state index contributed by atoms with van der Waals surface area (Å²) in [7, 11) is 1.45. The van der Waals surface area contributed by atoms with Gasteiger partial charge in [-0.1, -0.05) is 30.3 Å². The van der Waals surface area contributed by atoms with Crippen molar-refractivity contribution in [3.05, 3.63) is 95.1 Å². The summed E-state index contributed by atoms with van der Waals surface area (Å²) < 4.78 is 67.1. The monoisotopic (exact) mass is 488 g/mol. The lowest BCUT2D eigenvalue weighted by atomic mass is 10.00. The molecule has 1 heterocycles. The highest BCUT2D eigenvalue weighted by atomic mass is 19.4. The average molecular weight is 488 g/mol. The number of hydrogen-bond acceptors (Lipinski definition) is 3. The lowest BCUT2D eigenvalue weighted by Gasteiger charge is -2.21. The van der Waals surface area contributed by atoms with Crippen molar-refractivity contribution in [1.82, 2.24) is 5.32 Å². The fraction of sp³-hybridized carbons (Fsp3) is 0.125. The van der Waals surface area contributed by atoms with Crippen molar-refractivity contribution < 1.29 is 31.5 Å². The number of alkyl halides is 3. The zero-order valence-corrected chi connectivity index (χ0v) is 18.0. The number of urea groups is 1. The first-order valence-electron chi connectivity index (χ1n) is 10.2. The summed E-state index contributed by atoms with van der Waals surface area (Å²) in [6.07, 6.45) is -6.51. The fourth-order valence-corrected chi connectivity index (χ4v) is 3.60. The van der Waals surface area contributed by atoms with Crippen molar-refractivity contribution in [3.8, 4) is 0 Å². The van der Waals surface area contributed by atoms with E-state index in [1.807, 2.05) is 0 Å². The summed E-state index contributed by atoms with van der Waals surface area (Å²) in [5.41, 5.74) is -0.876. The van der Waals surface area contributed by atoms with Crippen LogP contribution in [0.25, 0.3) is 0 Å². The number of aliphatic imine (C=N–C) groups is 1. The van der Waals surface area contributed by atoms with Crippen molar-refractivity contribution in [2.45, 2.75) is 12.3 Å². The Morgan fingerprint density at radius 2 is 1.60 bits per heavy atom. The number of nitrogens with zero attached hydrogens (tertiary/aromatic N) is 2. The number of amides is 3. The smallest absolute Gasteiger partial charge is 0.311 e. The molecule has 3 amide bonds. The number of carbonyl (C=O) groups is 2. The predicted molar refractivity (Wildman–Crippen MR) is 119 cm³/mol. The molecule has 0 aliphatic carbocycles. The topological polar surface area (TPSA) is 73.8 Å². The molecule has 180 valence electrons. The second-order valence-electron chi connectivity index (χ2n) is 7.57. The van der Waals surface area contributed by atoms with Crippen LogP contribution in [0.15, 0.2) is 71.7 Å². The Morgan fingerprint density at radius 3 is 2.29 bits per heavy atom. The number of benzene rings is 3. The Kier molecular flexibility index (Phi) is 6.25. The maximum Gasteiger partial charge on any atom is 0.419 e. The van der Waals surface area contributed by atoms with Crippen LogP contribution in [0.3, 0.4) is 0 Å². The van der Waals surface area contributed by atoms with Crippen LogP contribution >= 0.6 is 0 Å². The molecule has 3 aromatic carbocycles. The van der Waals surface area contributed by atoms with E-state index >= 15 is 0 Å². The van der Waals surface area contributed by atoms with Crippen molar-refractivity contribution in [1.29, 1.82) is 0 Å². The molecule has 0 saturated carbocycles. The molecule has 0 bridgehead atoms. The molecule has 0 spiro atoms. The van der Waals surface area contributed by atoms with Crippen LogP contribution in [-0.2, 0) is 11.0 Å². The molecule has 0 fully saturated rings. The number of para-hydroxylation sites is 1. The number of anilines is 2. The van der Waals surface area contributed by atoms with Gasteiger partial charge in [0.25, 0.3) is 5.91 Å². The van der Waals surface area contributed by atoms with Gasteiger partial charge < -0.3 is 15.5 Å². The van der Waals surface area contributed by atoms with E-state index in [9.17, 15) is 31.5 Å². The van der Waals surface area contributed by atoms with Crippen molar-refractivity contribution in [2.75, 3.05) is 17.3 Å². The van der Waals surface area contributed by atoms with Gasteiger partial charge in [-0.05, 0) is 36.4 Å². The fourth-order valence-electron chi connectivity index (χ4n) is 3.60. The molecular weight excluding hydrogens is 471 g/mol. The van der Waals surface area contributed by atoms with E-state index in [0.29, 0.717) is 23.4 Å². The van der Waals surface area contributed by atoms with Gasteiger partial charge in [-0.3, -0.25) is 4.79 Å². The quantitative estimate of drug-likeness (QED) is 0.513. The van der Waals surface area contributed by atoms with E-state index in [1.165, 1.54) is 30.1 Å². The summed E-state index contributed by atoms with van der Waals surface area (Å²) in [6, 6.07) is 13.3. The molecule has 1 atom stereocenters. The van der Waals surface area contributed by atoms with Gasteiger partial charge in [0.05, 0.1) is 17.0 Å². The van der Waals surface area contributed by atoms with Gasteiger partial charge in [0.15, 0.2) is 0 Å². The number of rotatable bonds is 3. The first kappa shape index (κ1) is 23.9. The van der Waals surface area contributed by atoms with Crippen LogP contribution < -0.4 is 15.5 Å². The largest absolute Gasteiger partial charge is 0.419 e. The number of hydrogen-bond donors (Lipinski definition) is 2. The third-order valence-electron chi connectivity index (χ3n) is 5.27. The highest BCUT2D eigenvalue weighted by Crippen LogP contribution is 2.33. The van der Waals surface area contributed by atoms with E-state index in [0.717, 1.165) is 6.07 Å². The summed E-state index contributed by atoms with van der Waals surface area (Å²) in [6.45, 7) is 0. The number of halogens is 5. The first-order valence-corrected chi connectivity index (χ1v) is 10.2. The third kappa shape index (κ3) is 4.84. The third-order valence-corrected chi connectivity index (χ3v) is 5.27. The standard InChI is InChI=1S/C24H17F5N4O2/c1-33-19-9-5-3-7-15(19)20(14-6-2-4-8-17(14)25)31-21(22(33)34)32-23(35)30-13-10-11-18(26)16(12-13)24(27,28)29/h2-12,21H,1H3,(H2,30,32,35). The molecule has 6 nitrogen and oxygen atoms in total. The Bertz CT molecular complexity index is 1340. The number of nitrogens with one attached hydrogen (secondary N) is 2. The summed E-state index contributed by atoms with van der Waals surface area (Å²) >= 11 is 0. The summed E-state index contributed by atoms with van der Waals surface area (Å²) in [4.78, 5) is 31.2. The van der Waals surface area contributed by atoms with Gasteiger partial charge in [0.1, 0.15) is 11.6 Å². The minimum absolute atomic E-state index is 0.0867. The highest BCUT2D eigenvalue weighted by molar-refractivity contribution is 6.20. The van der Waals surface area contributed by atoms with Crippen molar-refractivity contribution >= 4 is 29.0 Å². The van der Waals surface area contributed by atoms with Gasteiger partial charge in [0.2, 0.25) is 6.17 Å². The lowest BCUT2D eigenvalue weighted by molar-refractivity contribution is -0.139. The number of likely N-dealkylation sites (N-methyl/N-ethyl adjacent to an activating group) is 1. The predicted octanol–water partition coefficient (Wildman–Crippen LogP) is 4.95. The van der Waals surface area contributed by atoms with Crippen LogP contribution in [0.2, 0.25) is 0 Å². The Morgan fingerprint density at radius 1 is 0.943 bits per heavy atom. The molecule has 1 unspecified atom stereocenters. The van der Waals surface area contributed by atoms with Crippen molar-refractivity contribution in [2.24, 2.45) is 4.99 Å². The molecule has 3 aromatic rings. The molecule has 1 aliphatic rings. The van der Waals surface area contributed by atoms with Crippen LogP contribution in [0.1, 0.15) is 16.7 Å². The molecule has 0 saturated heterocycles. The van der Waals surface area contributed by atoms with Crippen LogP contribution in [0, 0.1) is 11.6 Å².